The molecular weight excluding hydrogens is 523 g/mol. The normalized spacial score (nSPS) is 17.4. The molecule has 0 aliphatic carbocycles. The van der Waals surface area contributed by atoms with Crippen LogP contribution in [0.25, 0.3) is 0 Å². The van der Waals surface area contributed by atoms with E-state index in [1.54, 1.807) is 19.9 Å². The molecule has 1 amide bonds. The fourth-order valence-electron chi connectivity index (χ4n) is 5.93. The van der Waals surface area contributed by atoms with Gasteiger partial charge in [0.15, 0.2) is 5.82 Å². The van der Waals surface area contributed by atoms with Crippen molar-refractivity contribution in [1.82, 2.24) is 19.9 Å². The van der Waals surface area contributed by atoms with Crippen LogP contribution in [0.1, 0.15) is 71.2 Å². The highest BCUT2D eigenvalue weighted by Crippen LogP contribution is 2.42. The number of rotatable bonds is 4. The van der Waals surface area contributed by atoms with Crippen molar-refractivity contribution < 1.29 is 18.7 Å². The maximum absolute atomic E-state index is 14.4. The van der Waals surface area contributed by atoms with Gasteiger partial charge in [-0.25, -0.2) is 19.2 Å². The van der Waals surface area contributed by atoms with Crippen LogP contribution in [0.4, 0.5) is 21.6 Å². The predicted molar refractivity (Wildman–Crippen MR) is 156 cm³/mol. The molecule has 5 rings (SSSR count). The molecule has 0 saturated carbocycles. The van der Waals surface area contributed by atoms with Gasteiger partial charge in [0.2, 0.25) is 0 Å². The standard InChI is InChI=1S/C31H37FN6O3/c1-18-9-10-21(14-22(18)32)37-16-30(4,5)26-27(37)33-15-23(35-26)28(39)38-12-11-36(17-31(38,6)7)24-13-19(2)34-20(3)25(24)29(40)41-8/h9-10,13-15H,11-12,16-17H2,1-8H3. The van der Waals surface area contributed by atoms with Gasteiger partial charge in [-0.05, 0) is 58.4 Å². The first-order valence-corrected chi connectivity index (χ1v) is 13.8. The molecule has 1 fully saturated rings. The molecule has 2 aliphatic rings. The number of esters is 1. The number of aryl methyl sites for hydroxylation is 3. The number of benzene rings is 1. The second-order valence-corrected chi connectivity index (χ2v) is 12.3. The van der Waals surface area contributed by atoms with Crippen molar-refractivity contribution >= 4 is 29.1 Å². The maximum Gasteiger partial charge on any atom is 0.341 e. The Bertz CT molecular complexity index is 1550. The number of carbonyl (C=O) groups excluding carboxylic acids is 2. The zero-order chi connectivity index (χ0) is 29.9. The van der Waals surface area contributed by atoms with Gasteiger partial charge in [0.25, 0.3) is 5.91 Å². The number of methoxy groups -OCH3 is 1. The van der Waals surface area contributed by atoms with Gasteiger partial charge in [0, 0.05) is 43.0 Å². The molecule has 1 saturated heterocycles. The van der Waals surface area contributed by atoms with E-state index in [1.807, 2.05) is 42.7 Å². The summed E-state index contributed by atoms with van der Waals surface area (Å²) in [6, 6.07) is 7.04. The summed E-state index contributed by atoms with van der Waals surface area (Å²) in [7, 11) is 1.36. The second kappa shape index (κ2) is 10.1. The zero-order valence-electron chi connectivity index (χ0n) is 25.0. The lowest BCUT2D eigenvalue weighted by Crippen LogP contribution is -2.61. The molecule has 0 N–H and O–H groups in total. The van der Waals surface area contributed by atoms with Gasteiger partial charge in [-0.3, -0.25) is 9.78 Å². The Morgan fingerprint density at radius 2 is 1.73 bits per heavy atom. The van der Waals surface area contributed by atoms with Crippen molar-refractivity contribution in [2.24, 2.45) is 0 Å². The summed E-state index contributed by atoms with van der Waals surface area (Å²) in [6.45, 7) is 15.6. The molecule has 0 spiro atoms. The Labute approximate surface area is 240 Å². The summed E-state index contributed by atoms with van der Waals surface area (Å²) in [6.07, 6.45) is 1.52. The van der Waals surface area contributed by atoms with Crippen LogP contribution in [0.2, 0.25) is 0 Å². The number of nitrogens with zero attached hydrogens (tertiary/aromatic N) is 6. The van der Waals surface area contributed by atoms with E-state index in [4.69, 9.17) is 9.72 Å². The number of aromatic nitrogens is 3. The fraction of sp³-hybridized carbons (Fsp3) is 0.452. The molecule has 0 atom stereocenters. The van der Waals surface area contributed by atoms with E-state index in [0.717, 1.165) is 11.4 Å². The minimum atomic E-state index is -0.574. The molecule has 4 heterocycles. The Hall–Kier alpha value is -4.08. The number of ether oxygens (including phenoxy) is 1. The van der Waals surface area contributed by atoms with Gasteiger partial charge in [-0.15, -0.1) is 0 Å². The third-order valence-electron chi connectivity index (χ3n) is 8.07. The lowest BCUT2D eigenvalue weighted by Gasteiger charge is -2.48. The fourth-order valence-corrected chi connectivity index (χ4v) is 5.93. The first-order chi connectivity index (χ1) is 19.2. The second-order valence-electron chi connectivity index (χ2n) is 12.3. The molecule has 2 aromatic heterocycles. The van der Waals surface area contributed by atoms with E-state index < -0.39 is 16.9 Å². The Morgan fingerprint density at radius 1 is 1.00 bits per heavy atom. The third kappa shape index (κ3) is 5.00. The average molecular weight is 561 g/mol. The van der Waals surface area contributed by atoms with Gasteiger partial charge >= 0.3 is 5.97 Å². The van der Waals surface area contributed by atoms with Crippen LogP contribution in [0.15, 0.2) is 30.5 Å². The Morgan fingerprint density at radius 3 is 2.39 bits per heavy atom. The highest BCUT2D eigenvalue weighted by atomic mass is 19.1. The van der Waals surface area contributed by atoms with Gasteiger partial charge in [0.1, 0.15) is 17.1 Å². The smallest absolute Gasteiger partial charge is 0.341 e. The number of pyridine rings is 1. The largest absolute Gasteiger partial charge is 0.465 e. The zero-order valence-corrected chi connectivity index (χ0v) is 25.0. The first kappa shape index (κ1) is 28.4. The first-order valence-electron chi connectivity index (χ1n) is 13.8. The van der Waals surface area contributed by atoms with Gasteiger partial charge in [-0.1, -0.05) is 19.9 Å². The number of hydrogen-bond donors (Lipinski definition) is 0. The summed E-state index contributed by atoms with van der Waals surface area (Å²) >= 11 is 0. The number of anilines is 3. The minimum Gasteiger partial charge on any atom is -0.465 e. The molecule has 10 heteroatoms. The summed E-state index contributed by atoms with van der Waals surface area (Å²) in [5, 5.41) is 0. The molecule has 3 aromatic rings. The van der Waals surface area contributed by atoms with Crippen LogP contribution >= 0.6 is 0 Å². The van der Waals surface area contributed by atoms with Crippen LogP contribution < -0.4 is 9.80 Å². The molecule has 1 aromatic carbocycles. The number of piperazine rings is 1. The van der Waals surface area contributed by atoms with E-state index >= 15 is 0 Å². The van der Waals surface area contributed by atoms with Crippen LogP contribution in [-0.2, 0) is 10.2 Å². The van der Waals surface area contributed by atoms with Gasteiger partial charge in [0.05, 0.1) is 35.9 Å². The summed E-state index contributed by atoms with van der Waals surface area (Å²) in [5.74, 6) is -0.265. The molecule has 0 bridgehead atoms. The average Bonchev–Trinajstić information content (AvgIpc) is 3.18. The molecule has 216 valence electrons. The number of carbonyl (C=O) groups is 2. The van der Waals surface area contributed by atoms with Crippen molar-refractivity contribution in [3.8, 4) is 0 Å². The van der Waals surface area contributed by atoms with Crippen molar-refractivity contribution in [2.45, 2.75) is 59.4 Å². The van der Waals surface area contributed by atoms with Crippen LogP contribution in [-0.4, -0.2) is 70.6 Å². The highest BCUT2D eigenvalue weighted by molar-refractivity contribution is 5.97. The van der Waals surface area contributed by atoms with E-state index in [1.165, 1.54) is 19.4 Å². The highest BCUT2D eigenvalue weighted by Gasteiger charge is 2.42. The van der Waals surface area contributed by atoms with E-state index in [0.29, 0.717) is 60.2 Å². The van der Waals surface area contributed by atoms with Crippen LogP contribution in [0.5, 0.6) is 0 Å². The van der Waals surface area contributed by atoms with Gasteiger partial charge in [-0.2, -0.15) is 0 Å². The number of fused-ring (bicyclic) bond motifs is 1. The topological polar surface area (TPSA) is 91.8 Å². The van der Waals surface area contributed by atoms with Gasteiger partial charge < -0.3 is 19.4 Å². The third-order valence-corrected chi connectivity index (χ3v) is 8.07. The number of hydrogen-bond acceptors (Lipinski definition) is 8. The Kier molecular flexibility index (Phi) is 6.99. The summed E-state index contributed by atoms with van der Waals surface area (Å²) < 4.78 is 19.4. The van der Waals surface area contributed by atoms with Crippen molar-refractivity contribution in [1.29, 1.82) is 0 Å². The van der Waals surface area contributed by atoms with E-state index in [2.05, 4.69) is 28.7 Å². The molecular formula is C31H37FN6O3. The quantitative estimate of drug-likeness (QED) is 0.417. The summed E-state index contributed by atoms with van der Waals surface area (Å²) in [5.41, 5.74) is 3.93. The van der Waals surface area contributed by atoms with Crippen molar-refractivity contribution in [3.05, 3.63) is 70.2 Å². The van der Waals surface area contributed by atoms with E-state index in [-0.39, 0.29) is 17.4 Å². The Balaban J connectivity index is 1.42. The maximum atomic E-state index is 14.4. The van der Waals surface area contributed by atoms with Crippen molar-refractivity contribution in [3.63, 3.8) is 0 Å². The molecule has 41 heavy (non-hydrogen) atoms. The lowest BCUT2D eigenvalue weighted by molar-refractivity contribution is 0.0502. The van der Waals surface area contributed by atoms with Crippen LogP contribution in [0, 0.1) is 26.6 Å². The number of amides is 1. The SMILES string of the molecule is COC(=O)c1c(N2CCN(C(=O)c3cnc4c(n3)C(C)(C)CN4c3ccc(C)c(F)c3)C(C)(C)C2)cc(C)nc1C. The summed E-state index contributed by atoms with van der Waals surface area (Å²) in [4.78, 5) is 46.4. The monoisotopic (exact) mass is 560 g/mol. The molecule has 2 aliphatic heterocycles. The predicted octanol–water partition coefficient (Wildman–Crippen LogP) is 4.89. The minimum absolute atomic E-state index is 0.198. The molecule has 0 radical (unpaired) electrons. The molecule has 9 nitrogen and oxygen atoms in total. The van der Waals surface area contributed by atoms with Crippen LogP contribution in [0.3, 0.4) is 0 Å². The molecule has 0 unspecified atom stereocenters. The number of halogens is 1. The van der Waals surface area contributed by atoms with Crippen molar-refractivity contribution in [2.75, 3.05) is 43.1 Å². The lowest BCUT2D eigenvalue weighted by atomic mass is 9.92. The van der Waals surface area contributed by atoms with E-state index in [9.17, 15) is 14.0 Å².